The minimum Gasteiger partial charge on any atom is -0.508 e. The second kappa shape index (κ2) is 9.64. The molecular weight excluding hydrogens is 444 g/mol. The van der Waals surface area contributed by atoms with Gasteiger partial charge in [-0.25, -0.2) is 4.79 Å². The van der Waals surface area contributed by atoms with Crippen LogP contribution < -0.4 is 5.32 Å². The molecule has 0 saturated heterocycles. The number of carboxylic acid groups (broad SMARTS) is 1. The number of azide groups is 1. The summed E-state index contributed by atoms with van der Waals surface area (Å²) in [6.45, 7) is 0.0326. The zero-order valence-electron chi connectivity index (χ0n) is 19.6. The van der Waals surface area contributed by atoms with Gasteiger partial charge in [-0.3, -0.25) is 0 Å². The molecule has 4 aliphatic rings. The maximum atomic E-state index is 11.0. The van der Waals surface area contributed by atoms with Crippen molar-refractivity contribution < 1.29 is 19.7 Å². The SMILES string of the molecule is [N-]=[N+]=NCOCNc1cc(/C=C/C(=O)O)ccc1-c1ccc(O)c(C23CC4CC(CC(C4)C2)C3)c1. The Hall–Kier alpha value is -3.48. The Morgan fingerprint density at radius 3 is 2.51 bits per heavy atom. The smallest absolute Gasteiger partial charge is 0.328 e. The van der Waals surface area contributed by atoms with Crippen LogP contribution in [0.25, 0.3) is 27.6 Å². The molecule has 2 aromatic rings. The average Bonchev–Trinajstić information content (AvgIpc) is 2.82. The van der Waals surface area contributed by atoms with Crippen LogP contribution in [0.3, 0.4) is 0 Å². The van der Waals surface area contributed by atoms with E-state index in [0.29, 0.717) is 5.75 Å². The fraction of sp³-hybridized carbons (Fsp3) is 0.444. The topological polar surface area (TPSA) is 128 Å². The molecule has 182 valence electrons. The van der Waals surface area contributed by atoms with E-state index in [1.54, 1.807) is 0 Å². The Morgan fingerprint density at radius 2 is 1.86 bits per heavy atom. The minimum absolute atomic E-state index is 0.0605. The Balaban J connectivity index is 1.48. The summed E-state index contributed by atoms with van der Waals surface area (Å²) < 4.78 is 5.33. The zero-order chi connectivity index (χ0) is 24.4. The molecule has 0 aliphatic heterocycles. The summed E-state index contributed by atoms with van der Waals surface area (Å²) in [5.41, 5.74) is 13.0. The highest BCUT2D eigenvalue weighted by atomic mass is 16.5. The van der Waals surface area contributed by atoms with Gasteiger partial charge >= 0.3 is 5.97 Å². The maximum absolute atomic E-state index is 11.0. The Labute approximate surface area is 204 Å². The van der Waals surface area contributed by atoms with Crippen LogP contribution in [0.1, 0.15) is 49.7 Å². The third-order valence-electron chi connectivity index (χ3n) is 7.96. The quantitative estimate of drug-likeness (QED) is 0.0984. The number of benzene rings is 2. The Bertz CT molecular complexity index is 1170. The van der Waals surface area contributed by atoms with Gasteiger partial charge in [0, 0.05) is 27.8 Å². The van der Waals surface area contributed by atoms with E-state index in [-0.39, 0.29) is 18.9 Å². The van der Waals surface area contributed by atoms with E-state index in [4.69, 9.17) is 15.4 Å². The molecule has 8 heteroatoms. The molecule has 4 saturated carbocycles. The van der Waals surface area contributed by atoms with E-state index in [1.807, 2.05) is 30.3 Å². The Kier molecular flexibility index (Phi) is 6.41. The molecule has 2 aromatic carbocycles. The second-order valence-corrected chi connectivity index (χ2v) is 10.3. The fourth-order valence-electron chi connectivity index (χ4n) is 7.04. The van der Waals surface area contributed by atoms with E-state index in [2.05, 4.69) is 21.4 Å². The molecule has 0 amide bonds. The lowest BCUT2D eigenvalue weighted by molar-refractivity contribution is -0.131. The van der Waals surface area contributed by atoms with Gasteiger partial charge in [0.25, 0.3) is 0 Å². The monoisotopic (exact) mass is 474 g/mol. The van der Waals surface area contributed by atoms with Gasteiger partial charge in [-0.05, 0) is 103 Å². The highest BCUT2D eigenvalue weighted by Crippen LogP contribution is 2.62. The van der Waals surface area contributed by atoms with Gasteiger partial charge < -0.3 is 20.3 Å². The van der Waals surface area contributed by atoms with Gasteiger partial charge in [-0.2, -0.15) is 0 Å². The van der Waals surface area contributed by atoms with Crippen molar-refractivity contribution in [3.63, 3.8) is 0 Å². The maximum Gasteiger partial charge on any atom is 0.328 e. The molecule has 4 fully saturated rings. The zero-order valence-corrected chi connectivity index (χ0v) is 19.6. The number of nitrogens with zero attached hydrogens (tertiary/aromatic N) is 3. The van der Waals surface area contributed by atoms with Crippen molar-refractivity contribution in [3.8, 4) is 16.9 Å². The average molecular weight is 475 g/mol. The molecule has 0 aromatic heterocycles. The molecule has 0 spiro atoms. The third-order valence-corrected chi connectivity index (χ3v) is 7.96. The van der Waals surface area contributed by atoms with Crippen molar-refractivity contribution in [1.82, 2.24) is 0 Å². The Morgan fingerprint density at radius 1 is 1.14 bits per heavy atom. The number of aliphatic carboxylic acids is 1. The van der Waals surface area contributed by atoms with Crippen molar-refractivity contribution in [2.75, 3.05) is 18.8 Å². The second-order valence-electron chi connectivity index (χ2n) is 10.3. The van der Waals surface area contributed by atoms with Gasteiger partial charge in [-0.1, -0.05) is 23.3 Å². The molecule has 0 unspecified atom stereocenters. The van der Waals surface area contributed by atoms with Crippen LogP contribution >= 0.6 is 0 Å². The van der Waals surface area contributed by atoms with Crippen molar-refractivity contribution >= 4 is 17.7 Å². The number of carbonyl (C=O) groups is 1. The number of phenols is 1. The first-order chi connectivity index (χ1) is 17.0. The van der Waals surface area contributed by atoms with Crippen LogP contribution in [0, 0.1) is 17.8 Å². The molecule has 0 atom stereocenters. The molecule has 3 N–H and O–H groups in total. The summed E-state index contributed by atoms with van der Waals surface area (Å²) in [6, 6.07) is 11.6. The predicted molar refractivity (Wildman–Crippen MR) is 134 cm³/mol. The first-order valence-electron chi connectivity index (χ1n) is 12.2. The lowest BCUT2D eigenvalue weighted by atomic mass is 9.48. The molecule has 4 bridgehead atoms. The number of hydrogen-bond donors (Lipinski definition) is 3. The number of anilines is 1. The number of hydrogen-bond acceptors (Lipinski definition) is 5. The predicted octanol–water partition coefficient (Wildman–Crippen LogP) is 6.28. The molecule has 0 radical (unpaired) electrons. The lowest BCUT2D eigenvalue weighted by Crippen LogP contribution is -2.48. The number of phenolic OH excluding ortho intramolecular Hbond substituents is 1. The van der Waals surface area contributed by atoms with E-state index < -0.39 is 5.97 Å². The van der Waals surface area contributed by atoms with Crippen LogP contribution in [0.2, 0.25) is 0 Å². The summed E-state index contributed by atoms with van der Waals surface area (Å²) in [6.07, 6.45) is 10.1. The van der Waals surface area contributed by atoms with Gasteiger partial charge in [-0.15, -0.1) is 0 Å². The number of ether oxygens (including phenoxy) is 1. The summed E-state index contributed by atoms with van der Waals surface area (Å²) in [5, 5.41) is 26.5. The van der Waals surface area contributed by atoms with Crippen molar-refractivity contribution in [2.45, 2.75) is 43.9 Å². The molecule has 0 heterocycles. The summed E-state index contributed by atoms with van der Waals surface area (Å²) in [4.78, 5) is 13.6. The van der Waals surface area contributed by atoms with E-state index >= 15 is 0 Å². The normalized spacial score (nSPS) is 26.6. The van der Waals surface area contributed by atoms with Crippen molar-refractivity contribution in [2.24, 2.45) is 22.9 Å². The van der Waals surface area contributed by atoms with Crippen molar-refractivity contribution in [1.29, 1.82) is 0 Å². The highest BCUT2D eigenvalue weighted by Gasteiger charge is 2.52. The van der Waals surface area contributed by atoms with Crippen LogP contribution in [0.5, 0.6) is 5.75 Å². The van der Waals surface area contributed by atoms with Gasteiger partial charge in [0.05, 0.1) is 0 Å². The lowest BCUT2D eigenvalue weighted by Gasteiger charge is -2.57. The van der Waals surface area contributed by atoms with E-state index in [9.17, 15) is 9.90 Å². The molecule has 6 rings (SSSR count). The highest BCUT2D eigenvalue weighted by molar-refractivity contribution is 5.87. The molecule has 8 nitrogen and oxygen atoms in total. The summed E-state index contributed by atoms with van der Waals surface area (Å²) in [5.74, 6) is 1.68. The van der Waals surface area contributed by atoms with Gasteiger partial charge in [0.1, 0.15) is 19.2 Å². The van der Waals surface area contributed by atoms with E-state index in [1.165, 1.54) is 25.3 Å². The van der Waals surface area contributed by atoms with Crippen LogP contribution in [-0.2, 0) is 14.9 Å². The van der Waals surface area contributed by atoms with Gasteiger partial charge in [0.2, 0.25) is 0 Å². The summed E-state index contributed by atoms with van der Waals surface area (Å²) >= 11 is 0. The number of carboxylic acids is 1. The van der Waals surface area contributed by atoms with Crippen LogP contribution in [-0.4, -0.2) is 29.6 Å². The fourth-order valence-corrected chi connectivity index (χ4v) is 7.04. The minimum atomic E-state index is -1.01. The van der Waals surface area contributed by atoms with E-state index in [0.717, 1.165) is 71.0 Å². The number of nitrogens with one attached hydrogen (secondary N) is 1. The first-order valence-corrected chi connectivity index (χ1v) is 12.2. The molecule has 4 aliphatic carbocycles. The van der Waals surface area contributed by atoms with Gasteiger partial charge in [0.15, 0.2) is 0 Å². The molecular formula is C27H30N4O4. The van der Waals surface area contributed by atoms with Crippen LogP contribution in [0.4, 0.5) is 5.69 Å². The molecule has 35 heavy (non-hydrogen) atoms. The number of rotatable bonds is 9. The van der Waals surface area contributed by atoms with Crippen LogP contribution in [0.15, 0.2) is 47.6 Å². The standard InChI is InChI=1S/C27H30N4O4/c28-31-30-16-35-15-29-24-10-17(2-6-26(33)34)1-4-22(24)21-3-5-25(32)23(11-21)27-12-18-7-19(13-27)9-20(8-18)14-27/h1-6,10-11,18-20,29,32H,7-9,12-16H2,(H,33,34)/b6-2+. The number of aromatic hydroxyl groups is 1. The first kappa shape index (κ1) is 23.3. The summed E-state index contributed by atoms with van der Waals surface area (Å²) in [7, 11) is 0. The third kappa shape index (κ3) is 4.85. The van der Waals surface area contributed by atoms with Crippen molar-refractivity contribution in [3.05, 3.63) is 64.0 Å². The largest absolute Gasteiger partial charge is 0.508 e.